The van der Waals surface area contributed by atoms with Gasteiger partial charge in [-0.3, -0.25) is 14.2 Å². The van der Waals surface area contributed by atoms with E-state index >= 15 is 0 Å². The normalized spacial score (nSPS) is 12.4. The summed E-state index contributed by atoms with van der Waals surface area (Å²) in [5, 5.41) is 3.70. The molecule has 24 heavy (non-hydrogen) atoms. The fourth-order valence-electron chi connectivity index (χ4n) is 2.55. The molecule has 0 fully saturated rings. The lowest BCUT2D eigenvalue weighted by atomic mass is 10.2. The maximum Gasteiger partial charge on any atom is 0.261 e. The molecule has 0 aliphatic carbocycles. The van der Waals surface area contributed by atoms with Gasteiger partial charge >= 0.3 is 0 Å². The van der Waals surface area contributed by atoms with E-state index in [9.17, 15) is 9.59 Å². The molecular formula is C17H18N4O3. The topological polar surface area (TPSA) is 103 Å². The Morgan fingerprint density at radius 1 is 1.33 bits per heavy atom. The van der Waals surface area contributed by atoms with Crippen molar-refractivity contribution >= 4 is 16.8 Å². The molecule has 1 aromatic carbocycles. The van der Waals surface area contributed by atoms with Crippen LogP contribution in [0, 0.1) is 0 Å². The van der Waals surface area contributed by atoms with Gasteiger partial charge in [-0.1, -0.05) is 12.1 Å². The number of amides is 1. The quantitative estimate of drug-likeness (QED) is 0.711. The van der Waals surface area contributed by atoms with Crippen molar-refractivity contribution < 1.29 is 9.21 Å². The zero-order chi connectivity index (χ0) is 17.1. The molecule has 2 heterocycles. The number of aromatic nitrogens is 2. The zero-order valence-corrected chi connectivity index (χ0v) is 13.2. The van der Waals surface area contributed by atoms with Crippen molar-refractivity contribution in [1.82, 2.24) is 14.9 Å². The number of fused-ring (bicyclic) bond motifs is 1. The van der Waals surface area contributed by atoms with Crippen molar-refractivity contribution in [1.29, 1.82) is 0 Å². The van der Waals surface area contributed by atoms with E-state index in [0.717, 1.165) is 5.76 Å². The highest BCUT2D eigenvalue weighted by Gasteiger charge is 2.14. The van der Waals surface area contributed by atoms with E-state index in [2.05, 4.69) is 10.3 Å². The molecule has 0 aliphatic rings. The van der Waals surface area contributed by atoms with Crippen molar-refractivity contribution in [3.05, 3.63) is 64.6 Å². The maximum absolute atomic E-state index is 12.6. The first-order valence-corrected chi connectivity index (χ1v) is 7.60. The molecule has 3 aromatic rings. The molecule has 7 heteroatoms. The average Bonchev–Trinajstić information content (AvgIpc) is 3.10. The lowest BCUT2D eigenvalue weighted by molar-refractivity contribution is -0.118. The van der Waals surface area contributed by atoms with Crippen LogP contribution in [0.2, 0.25) is 0 Å². The van der Waals surface area contributed by atoms with Gasteiger partial charge in [-0.2, -0.15) is 0 Å². The van der Waals surface area contributed by atoms with E-state index in [-0.39, 0.29) is 18.1 Å². The van der Waals surface area contributed by atoms with Gasteiger partial charge in [-0.25, -0.2) is 4.98 Å². The van der Waals surface area contributed by atoms with Crippen LogP contribution < -0.4 is 16.6 Å². The van der Waals surface area contributed by atoms with Gasteiger partial charge in [-0.05, 0) is 31.2 Å². The fourth-order valence-corrected chi connectivity index (χ4v) is 2.55. The third kappa shape index (κ3) is 3.21. The van der Waals surface area contributed by atoms with Crippen molar-refractivity contribution in [2.75, 3.05) is 0 Å². The van der Waals surface area contributed by atoms with E-state index in [1.54, 1.807) is 24.5 Å². The number of benzene rings is 1. The van der Waals surface area contributed by atoms with E-state index in [1.165, 1.54) is 4.57 Å². The zero-order valence-electron chi connectivity index (χ0n) is 13.2. The fraction of sp³-hybridized carbons (Fsp3) is 0.235. The first-order valence-electron chi connectivity index (χ1n) is 7.60. The molecule has 7 nitrogen and oxygen atoms in total. The van der Waals surface area contributed by atoms with Gasteiger partial charge in [0.05, 0.1) is 29.8 Å². The van der Waals surface area contributed by atoms with Gasteiger partial charge in [0.15, 0.2) is 0 Å². The third-order valence-corrected chi connectivity index (χ3v) is 3.79. The van der Waals surface area contributed by atoms with Crippen LogP contribution in [-0.2, 0) is 17.9 Å². The molecular weight excluding hydrogens is 308 g/mol. The number of nitrogens with one attached hydrogen (secondary N) is 1. The Kier molecular flexibility index (Phi) is 4.43. The molecule has 2 aromatic heterocycles. The number of carbonyl (C=O) groups is 1. The molecule has 0 unspecified atom stereocenters. The van der Waals surface area contributed by atoms with Gasteiger partial charge in [0, 0.05) is 0 Å². The molecule has 0 bridgehead atoms. The minimum Gasteiger partial charge on any atom is -0.468 e. The second-order valence-electron chi connectivity index (χ2n) is 5.52. The largest absolute Gasteiger partial charge is 0.468 e. The molecule has 0 saturated carbocycles. The van der Waals surface area contributed by atoms with Gasteiger partial charge in [0.25, 0.3) is 5.56 Å². The molecule has 0 saturated heterocycles. The Hall–Kier alpha value is -2.93. The number of hydrogen-bond donors (Lipinski definition) is 2. The number of rotatable bonds is 6. The smallest absolute Gasteiger partial charge is 0.261 e. The highest BCUT2D eigenvalue weighted by Crippen LogP contribution is 2.13. The predicted octanol–water partition coefficient (Wildman–Crippen LogP) is 1.33. The lowest BCUT2D eigenvalue weighted by Gasteiger charge is -2.15. The number of furan rings is 1. The summed E-state index contributed by atoms with van der Waals surface area (Å²) in [6.45, 7) is 2.04. The Labute approximate surface area is 138 Å². The number of primary amides is 1. The Morgan fingerprint density at radius 3 is 2.83 bits per heavy atom. The molecule has 3 rings (SSSR count). The first-order chi connectivity index (χ1) is 11.6. The minimum absolute atomic E-state index is 0.0644. The number of carbonyl (C=O) groups excluding carboxylic acids is 1. The SMILES string of the molecule is C[C@H](NCc1nc2ccccc2c(=O)n1CC(N)=O)c1ccco1. The van der Waals surface area contributed by atoms with Crippen LogP contribution in [0.5, 0.6) is 0 Å². The summed E-state index contributed by atoms with van der Waals surface area (Å²) in [4.78, 5) is 28.5. The summed E-state index contributed by atoms with van der Waals surface area (Å²) >= 11 is 0. The third-order valence-electron chi connectivity index (χ3n) is 3.79. The van der Waals surface area contributed by atoms with Crippen LogP contribution in [0.3, 0.4) is 0 Å². The maximum atomic E-state index is 12.6. The minimum atomic E-state index is -0.588. The first kappa shape index (κ1) is 15.9. The van der Waals surface area contributed by atoms with Crippen molar-refractivity contribution in [2.24, 2.45) is 5.73 Å². The molecule has 0 spiro atoms. The van der Waals surface area contributed by atoms with Crippen LogP contribution in [0.15, 0.2) is 51.9 Å². The molecule has 3 N–H and O–H groups in total. The number of hydrogen-bond acceptors (Lipinski definition) is 5. The highest BCUT2D eigenvalue weighted by atomic mass is 16.3. The molecule has 0 aliphatic heterocycles. The summed E-state index contributed by atoms with van der Waals surface area (Å²) in [6.07, 6.45) is 1.60. The van der Waals surface area contributed by atoms with Crippen molar-refractivity contribution in [3.63, 3.8) is 0 Å². The predicted molar refractivity (Wildman–Crippen MR) is 89.2 cm³/mol. The van der Waals surface area contributed by atoms with Crippen LogP contribution in [0.25, 0.3) is 10.9 Å². The molecule has 1 amide bonds. The van der Waals surface area contributed by atoms with E-state index in [4.69, 9.17) is 10.2 Å². The summed E-state index contributed by atoms with van der Waals surface area (Å²) in [5.74, 6) is 0.644. The summed E-state index contributed by atoms with van der Waals surface area (Å²) in [5.41, 5.74) is 5.59. The summed E-state index contributed by atoms with van der Waals surface area (Å²) in [7, 11) is 0. The van der Waals surface area contributed by atoms with Crippen LogP contribution in [0.4, 0.5) is 0 Å². The van der Waals surface area contributed by atoms with E-state index < -0.39 is 5.91 Å². The second-order valence-corrected chi connectivity index (χ2v) is 5.52. The lowest BCUT2D eigenvalue weighted by Crippen LogP contribution is -2.33. The van der Waals surface area contributed by atoms with Gasteiger partial charge in [0.1, 0.15) is 18.1 Å². The van der Waals surface area contributed by atoms with Crippen LogP contribution >= 0.6 is 0 Å². The van der Waals surface area contributed by atoms with Gasteiger partial charge in [0.2, 0.25) is 5.91 Å². The Bertz CT molecular complexity index is 915. The Balaban J connectivity index is 1.95. The van der Waals surface area contributed by atoms with Gasteiger partial charge in [-0.15, -0.1) is 0 Å². The van der Waals surface area contributed by atoms with E-state index in [1.807, 2.05) is 25.1 Å². The highest BCUT2D eigenvalue weighted by molar-refractivity contribution is 5.78. The average molecular weight is 326 g/mol. The molecule has 1 atom stereocenters. The number of para-hydroxylation sites is 1. The standard InChI is InChI=1S/C17H18N4O3/c1-11(14-7-4-8-24-14)19-9-16-20-13-6-3-2-5-12(13)17(23)21(16)10-15(18)22/h2-8,11,19H,9-10H2,1H3,(H2,18,22)/t11-/m0/s1. The number of nitrogens with two attached hydrogens (primary N) is 1. The molecule has 124 valence electrons. The van der Waals surface area contributed by atoms with Crippen molar-refractivity contribution in [2.45, 2.75) is 26.1 Å². The Morgan fingerprint density at radius 2 is 2.12 bits per heavy atom. The van der Waals surface area contributed by atoms with Crippen LogP contribution in [0.1, 0.15) is 24.6 Å². The second kappa shape index (κ2) is 6.67. The van der Waals surface area contributed by atoms with E-state index in [0.29, 0.717) is 23.3 Å². The molecule has 0 radical (unpaired) electrons. The van der Waals surface area contributed by atoms with Crippen LogP contribution in [-0.4, -0.2) is 15.5 Å². The van der Waals surface area contributed by atoms with Crippen molar-refractivity contribution in [3.8, 4) is 0 Å². The summed E-state index contributed by atoms with van der Waals surface area (Å²) in [6, 6.07) is 10.6. The summed E-state index contributed by atoms with van der Waals surface area (Å²) < 4.78 is 6.66. The number of nitrogens with zero attached hydrogens (tertiary/aromatic N) is 2. The van der Waals surface area contributed by atoms with Gasteiger partial charge < -0.3 is 15.5 Å². The monoisotopic (exact) mass is 326 g/mol.